The summed E-state index contributed by atoms with van der Waals surface area (Å²) in [7, 11) is 0. The molecule has 1 aliphatic heterocycles. The zero-order valence-electron chi connectivity index (χ0n) is 13.8. The first kappa shape index (κ1) is 15.4. The number of nitrogens with one attached hydrogen (secondary N) is 2. The third kappa shape index (κ3) is 3.01. The third-order valence-electron chi connectivity index (χ3n) is 4.65. The molecule has 0 saturated heterocycles. The molecule has 0 spiro atoms. The highest BCUT2D eigenvalue weighted by atomic mass is 16.2. The summed E-state index contributed by atoms with van der Waals surface area (Å²) in [5.74, 6) is -0.354. The van der Waals surface area contributed by atoms with Gasteiger partial charge in [-0.3, -0.25) is 10.1 Å². The van der Waals surface area contributed by atoms with Crippen LogP contribution in [0.1, 0.15) is 17.7 Å². The Hall–Kier alpha value is -3.08. The van der Waals surface area contributed by atoms with Gasteiger partial charge < -0.3 is 9.88 Å². The Labute approximate surface area is 145 Å². The maximum absolute atomic E-state index is 12.5. The summed E-state index contributed by atoms with van der Waals surface area (Å²) in [6, 6.07) is 7.82. The summed E-state index contributed by atoms with van der Waals surface area (Å²) in [4.78, 5) is 29.8. The highest BCUT2D eigenvalue weighted by molar-refractivity contribution is 6.05. The van der Waals surface area contributed by atoms with E-state index in [1.54, 1.807) is 17.1 Å². The van der Waals surface area contributed by atoms with E-state index in [1.165, 1.54) is 10.9 Å². The molecule has 0 radical (unpaired) electrons. The van der Waals surface area contributed by atoms with Crippen LogP contribution in [0.5, 0.6) is 0 Å². The molecule has 2 aromatic rings. The molecule has 0 atom stereocenters. The average molecular weight is 333 g/mol. The lowest BCUT2D eigenvalue weighted by atomic mass is 10.0. The van der Waals surface area contributed by atoms with Crippen molar-refractivity contribution < 1.29 is 9.59 Å². The number of aromatic amines is 1. The Balaban J connectivity index is 1.47. The number of benzene rings is 1. The van der Waals surface area contributed by atoms with Gasteiger partial charge in [0.1, 0.15) is 0 Å². The molecule has 2 aliphatic rings. The zero-order chi connectivity index (χ0) is 17.2. The summed E-state index contributed by atoms with van der Waals surface area (Å²) in [6.45, 7) is 1.09. The number of imide groups is 1. The maximum atomic E-state index is 12.5. The molecule has 2 heterocycles. The van der Waals surface area contributed by atoms with E-state index >= 15 is 0 Å². The van der Waals surface area contributed by atoms with E-state index in [4.69, 9.17) is 0 Å². The van der Waals surface area contributed by atoms with E-state index in [0.29, 0.717) is 25.1 Å². The molecule has 25 heavy (non-hydrogen) atoms. The van der Waals surface area contributed by atoms with Gasteiger partial charge in [-0.1, -0.05) is 42.5 Å². The van der Waals surface area contributed by atoms with Crippen molar-refractivity contribution in [2.24, 2.45) is 0 Å². The summed E-state index contributed by atoms with van der Waals surface area (Å²) in [5, 5.41) is 3.72. The Morgan fingerprint density at radius 1 is 1.16 bits per heavy atom. The molecule has 0 bridgehead atoms. The predicted molar refractivity (Wildman–Crippen MR) is 96.9 cm³/mol. The predicted octanol–water partition coefficient (Wildman–Crippen LogP) is 3.20. The molecule has 0 fully saturated rings. The molecule has 1 aromatic heterocycles. The number of amides is 3. The third-order valence-corrected chi connectivity index (χ3v) is 4.65. The zero-order valence-corrected chi connectivity index (χ0v) is 13.8. The first-order valence-electron chi connectivity index (χ1n) is 8.44. The van der Waals surface area contributed by atoms with Crippen LogP contribution in [0.15, 0.2) is 60.2 Å². The van der Waals surface area contributed by atoms with Crippen molar-refractivity contribution in [3.63, 3.8) is 0 Å². The Kier molecular flexibility index (Phi) is 3.98. The second kappa shape index (κ2) is 6.43. The fraction of sp³-hybridized carbons (Fsp3) is 0.200. The number of hydrogen-bond donors (Lipinski definition) is 2. The van der Waals surface area contributed by atoms with Gasteiger partial charge in [-0.15, -0.1) is 0 Å². The lowest BCUT2D eigenvalue weighted by molar-refractivity contribution is -0.116. The summed E-state index contributed by atoms with van der Waals surface area (Å²) >= 11 is 0. The molecule has 1 aromatic carbocycles. The number of H-pyrrole nitrogens is 1. The molecule has 3 amide bonds. The van der Waals surface area contributed by atoms with Crippen molar-refractivity contribution in [2.75, 3.05) is 6.54 Å². The van der Waals surface area contributed by atoms with Crippen LogP contribution in [0.3, 0.4) is 0 Å². The van der Waals surface area contributed by atoms with E-state index in [9.17, 15) is 9.59 Å². The lowest BCUT2D eigenvalue weighted by Gasteiger charge is -2.27. The Bertz CT molecular complexity index is 934. The summed E-state index contributed by atoms with van der Waals surface area (Å²) < 4.78 is 0. The fourth-order valence-corrected chi connectivity index (χ4v) is 3.36. The van der Waals surface area contributed by atoms with Crippen molar-refractivity contribution in [3.8, 4) is 0 Å². The smallest absolute Gasteiger partial charge is 0.324 e. The van der Waals surface area contributed by atoms with Crippen LogP contribution in [0, 0.1) is 0 Å². The standard InChI is InChI=1S/C20H19N3O2/c24-19(14-7-3-1-2-4-8-14)22-20(25)23-12-11-16-15-9-5-6-10-17(15)21-18(16)13-23/h1-3,5-10,21H,4,11-13H2,(H,22,24,25). The first-order chi connectivity index (χ1) is 12.2. The van der Waals surface area contributed by atoms with Crippen LogP contribution in [-0.2, 0) is 17.8 Å². The quantitative estimate of drug-likeness (QED) is 0.842. The largest absolute Gasteiger partial charge is 0.357 e. The number of carbonyl (C=O) groups is 2. The van der Waals surface area contributed by atoms with Gasteiger partial charge in [-0.25, -0.2) is 4.79 Å². The van der Waals surface area contributed by atoms with Crippen LogP contribution in [-0.4, -0.2) is 28.4 Å². The summed E-state index contributed by atoms with van der Waals surface area (Å²) in [5.41, 5.74) is 3.92. The van der Waals surface area contributed by atoms with Crippen molar-refractivity contribution in [3.05, 3.63) is 71.5 Å². The molecular formula is C20H19N3O2. The second-order valence-corrected chi connectivity index (χ2v) is 6.24. The van der Waals surface area contributed by atoms with Gasteiger partial charge in [0.2, 0.25) is 0 Å². The molecule has 1 aliphatic carbocycles. The van der Waals surface area contributed by atoms with Crippen molar-refractivity contribution in [2.45, 2.75) is 19.4 Å². The number of aromatic nitrogens is 1. The molecule has 2 N–H and O–H groups in total. The molecule has 0 unspecified atom stereocenters. The Morgan fingerprint density at radius 2 is 2.04 bits per heavy atom. The van der Waals surface area contributed by atoms with E-state index in [1.807, 2.05) is 36.4 Å². The van der Waals surface area contributed by atoms with Gasteiger partial charge in [0.15, 0.2) is 0 Å². The molecule has 126 valence electrons. The minimum absolute atomic E-state index is 0.346. The number of allylic oxidation sites excluding steroid dienone is 4. The van der Waals surface area contributed by atoms with Crippen LogP contribution in [0.25, 0.3) is 10.9 Å². The second-order valence-electron chi connectivity index (χ2n) is 6.24. The average Bonchev–Trinajstić information content (AvgIpc) is 2.80. The van der Waals surface area contributed by atoms with Crippen LogP contribution in [0.4, 0.5) is 4.79 Å². The van der Waals surface area contributed by atoms with Crippen molar-refractivity contribution in [1.29, 1.82) is 0 Å². The van der Waals surface area contributed by atoms with Gasteiger partial charge in [0.05, 0.1) is 6.54 Å². The van der Waals surface area contributed by atoms with Gasteiger partial charge in [-0.2, -0.15) is 0 Å². The lowest BCUT2D eigenvalue weighted by Crippen LogP contribution is -2.45. The number of nitrogens with zero attached hydrogens (tertiary/aromatic N) is 1. The highest BCUT2D eigenvalue weighted by Gasteiger charge is 2.25. The van der Waals surface area contributed by atoms with Crippen LogP contribution in [0.2, 0.25) is 0 Å². The molecule has 5 heteroatoms. The van der Waals surface area contributed by atoms with E-state index in [2.05, 4.69) is 16.4 Å². The topological polar surface area (TPSA) is 65.2 Å². The van der Waals surface area contributed by atoms with Crippen LogP contribution >= 0.6 is 0 Å². The summed E-state index contributed by atoms with van der Waals surface area (Å²) in [6.07, 6.45) is 10.7. The molecule has 4 rings (SSSR count). The van der Waals surface area contributed by atoms with Crippen LogP contribution < -0.4 is 5.32 Å². The Morgan fingerprint density at radius 3 is 2.96 bits per heavy atom. The number of rotatable bonds is 1. The monoisotopic (exact) mass is 333 g/mol. The van der Waals surface area contributed by atoms with Gasteiger partial charge >= 0.3 is 6.03 Å². The fourth-order valence-electron chi connectivity index (χ4n) is 3.36. The number of urea groups is 1. The van der Waals surface area contributed by atoms with E-state index in [0.717, 1.165) is 17.6 Å². The normalized spacial score (nSPS) is 16.3. The molecule has 5 nitrogen and oxygen atoms in total. The number of fused-ring (bicyclic) bond motifs is 3. The van der Waals surface area contributed by atoms with Crippen molar-refractivity contribution >= 4 is 22.8 Å². The minimum Gasteiger partial charge on any atom is -0.357 e. The van der Waals surface area contributed by atoms with Gasteiger partial charge in [-0.05, 0) is 30.5 Å². The van der Waals surface area contributed by atoms with E-state index in [-0.39, 0.29) is 11.9 Å². The first-order valence-corrected chi connectivity index (χ1v) is 8.44. The van der Waals surface area contributed by atoms with E-state index < -0.39 is 0 Å². The van der Waals surface area contributed by atoms with Gasteiger partial charge in [0.25, 0.3) is 5.91 Å². The minimum atomic E-state index is -0.354. The maximum Gasteiger partial charge on any atom is 0.324 e. The number of carbonyl (C=O) groups excluding carboxylic acids is 2. The number of hydrogen-bond acceptors (Lipinski definition) is 2. The number of para-hydroxylation sites is 1. The van der Waals surface area contributed by atoms with Gasteiger partial charge in [0, 0.05) is 28.7 Å². The molecular weight excluding hydrogens is 314 g/mol. The highest BCUT2D eigenvalue weighted by Crippen LogP contribution is 2.27. The van der Waals surface area contributed by atoms with Crippen molar-refractivity contribution in [1.82, 2.24) is 15.2 Å². The SMILES string of the molecule is O=C(NC(=O)N1CCc2c([nH]c3ccccc23)C1)C1=CCC=CC=C1. The molecule has 0 saturated carbocycles.